The lowest BCUT2D eigenvalue weighted by Crippen LogP contribution is -1.98. The summed E-state index contributed by atoms with van der Waals surface area (Å²) >= 11 is 0. The number of nitrogens with zero attached hydrogens (tertiary/aromatic N) is 2. The van der Waals surface area contributed by atoms with Crippen molar-refractivity contribution in [1.82, 2.24) is 9.78 Å². The van der Waals surface area contributed by atoms with E-state index in [0.717, 1.165) is 23.2 Å². The number of nitrogen functional groups attached to an aromatic ring is 1. The quantitative estimate of drug-likeness (QED) is 0.785. The summed E-state index contributed by atoms with van der Waals surface area (Å²) < 4.78 is 7.12. The molecule has 1 aromatic heterocycles. The van der Waals surface area contributed by atoms with Crippen molar-refractivity contribution in [3.8, 4) is 5.75 Å². The molecule has 0 radical (unpaired) electrons. The van der Waals surface area contributed by atoms with Crippen LogP contribution in [0.3, 0.4) is 0 Å². The molecule has 14 heavy (non-hydrogen) atoms. The second-order valence-corrected chi connectivity index (χ2v) is 3.06. The molecule has 2 aromatic rings. The zero-order chi connectivity index (χ0) is 10.1. The number of aromatic nitrogens is 2. The van der Waals surface area contributed by atoms with Crippen LogP contribution in [0.1, 0.15) is 6.92 Å². The van der Waals surface area contributed by atoms with Crippen LogP contribution in [0.4, 0.5) is 5.82 Å². The molecule has 0 saturated heterocycles. The lowest BCUT2D eigenvalue weighted by atomic mass is 10.2. The number of hydrogen-bond donors (Lipinski definition) is 1. The van der Waals surface area contributed by atoms with Gasteiger partial charge in [-0.2, -0.15) is 5.10 Å². The molecule has 0 fully saturated rings. The normalized spacial score (nSPS) is 10.7. The van der Waals surface area contributed by atoms with Gasteiger partial charge in [-0.1, -0.05) is 6.07 Å². The molecule has 0 atom stereocenters. The molecule has 4 heteroatoms. The number of aryl methyl sites for hydroxylation is 1. The van der Waals surface area contributed by atoms with E-state index in [1.54, 1.807) is 7.11 Å². The fourth-order valence-electron chi connectivity index (χ4n) is 1.62. The predicted octanol–water partition coefficient (Wildman–Crippen LogP) is 1.65. The molecular formula is C10H13N3O. The summed E-state index contributed by atoms with van der Waals surface area (Å²) in [5.74, 6) is 1.37. The molecule has 74 valence electrons. The van der Waals surface area contributed by atoms with E-state index in [4.69, 9.17) is 10.5 Å². The van der Waals surface area contributed by atoms with Gasteiger partial charge in [-0.25, -0.2) is 0 Å². The first-order valence-corrected chi connectivity index (χ1v) is 4.57. The van der Waals surface area contributed by atoms with Gasteiger partial charge in [0.05, 0.1) is 7.11 Å². The Balaban J connectivity index is 2.82. The van der Waals surface area contributed by atoms with Crippen molar-refractivity contribution in [1.29, 1.82) is 0 Å². The molecule has 0 aliphatic carbocycles. The Labute approximate surface area is 82.3 Å². The summed E-state index contributed by atoms with van der Waals surface area (Å²) in [6, 6.07) is 5.78. The minimum absolute atomic E-state index is 0.556. The number of benzene rings is 1. The molecule has 1 heterocycles. The standard InChI is InChI=1S/C10H13N3O/c1-3-13-9-7(10(11)12-13)5-4-6-8(9)14-2/h4-6H,3H2,1-2H3,(H2,11,12). The van der Waals surface area contributed by atoms with E-state index in [0.29, 0.717) is 5.82 Å². The van der Waals surface area contributed by atoms with Gasteiger partial charge in [0, 0.05) is 11.9 Å². The van der Waals surface area contributed by atoms with E-state index in [1.807, 2.05) is 29.8 Å². The summed E-state index contributed by atoms with van der Waals surface area (Å²) in [7, 11) is 1.65. The van der Waals surface area contributed by atoms with Gasteiger partial charge >= 0.3 is 0 Å². The fourth-order valence-corrected chi connectivity index (χ4v) is 1.62. The van der Waals surface area contributed by atoms with Crippen LogP contribution < -0.4 is 10.5 Å². The number of para-hydroxylation sites is 1. The van der Waals surface area contributed by atoms with Crippen LogP contribution in [0.5, 0.6) is 5.75 Å². The molecule has 0 spiro atoms. The van der Waals surface area contributed by atoms with Crippen LogP contribution >= 0.6 is 0 Å². The molecule has 2 rings (SSSR count). The second-order valence-electron chi connectivity index (χ2n) is 3.06. The van der Waals surface area contributed by atoms with Gasteiger partial charge in [0.2, 0.25) is 0 Å². The van der Waals surface area contributed by atoms with Crippen molar-refractivity contribution in [2.24, 2.45) is 0 Å². The summed E-state index contributed by atoms with van der Waals surface area (Å²) in [5.41, 5.74) is 6.76. The first-order valence-electron chi connectivity index (χ1n) is 4.57. The highest BCUT2D eigenvalue weighted by Crippen LogP contribution is 2.28. The number of rotatable bonds is 2. The molecule has 1 aromatic carbocycles. The Kier molecular flexibility index (Phi) is 2.04. The second kappa shape index (κ2) is 3.21. The Morgan fingerprint density at radius 3 is 2.93 bits per heavy atom. The highest BCUT2D eigenvalue weighted by Gasteiger charge is 2.10. The predicted molar refractivity (Wildman–Crippen MR) is 56.4 cm³/mol. The summed E-state index contributed by atoms with van der Waals surface area (Å²) in [6.07, 6.45) is 0. The number of hydrogen-bond acceptors (Lipinski definition) is 3. The molecule has 0 bridgehead atoms. The topological polar surface area (TPSA) is 53.1 Å². The molecule has 0 amide bonds. The largest absolute Gasteiger partial charge is 0.494 e. The third-order valence-electron chi connectivity index (χ3n) is 2.28. The number of nitrogens with two attached hydrogens (primary N) is 1. The third kappa shape index (κ3) is 1.11. The first-order chi connectivity index (χ1) is 6.77. The monoisotopic (exact) mass is 191 g/mol. The van der Waals surface area contributed by atoms with E-state index in [1.165, 1.54) is 0 Å². The van der Waals surface area contributed by atoms with Gasteiger partial charge in [0.1, 0.15) is 11.3 Å². The van der Waals surface area contributed by atoms with Gasteiger partial charge in [-0.3, -0.25) is 4.68 Å². The highest BCUT2D eigenvalue weighted by molar-refractivity contribution is 5.93. The molecule has 2 N–H and O–H groups in total. The summed E-state index contributed by atoms with van der Waals surface area (Å²) in [6.45, 7) is 2.81. The van der Waals surface area contributed by atoms with Gasteiger partial charge in [-0.15, -0.1) is 0 Å². The SMILES string of the molecule is CCn1nc(N)c2cccc(OC)c21. The lowest BCUT2D eigenvalue weighted by Gasteiger charge is -2.03. The van der Waals surface area contributed by atoms with Crippen LogP contribution in [0.15, 0.2) is 18.2 Å². The third-order valence-corrected chi connectivity index (χ3v) is 2.28. The van der Waals surface area contributed by atoms with Crippen molar-refractivity contribution >= 4 is 16.7 Å². The minimum atomic E-state index is 0.556. The van der Waals surface area contributed by atoms with Crippen LogP contribution in [0.25, 0.3) is 10.9 Å². The minimum Gasteiger partial charge on any atom is -0.494 e. The van der Waals surface area contributed by atoms with Crippen molar-refractivity contribution in [2.45, 2.75) is 13.5 Å². The van der Waals surface area contributed by atoms with Gasteiger partial charge < -0.3 is 10.5 Å². The maximum Gasteiger partial charge on any atom is 0.153 e. The number of ether oxygens (including phenoxy) is 1. The average Bonchev–Trinajstić information content (AvgIpc) is 2.56. The van der Waals surface area contributed by atoms with Crippen LogP contribution in [-0.2, 0) is 6.54 Å². The zero-order valence-corrected chi connectivity index (χ0v) is 8.32. The lowest BCUT2D eigenvalue weighted by molar-refractivity contribution is 0.416. The van der Waals surface area contributed by atoms with Gasteiger partial charge in [0.15, 0.2) is 5.82 Å². The Morgan fingerprint density at radius 1 is 1.50 bits per heavy atom. The molecule has 0 aliphatic heterocycles. The van der Waals surface area contributed by atoms with Crippen LogP contribution in [0.2, 0.25) is 0 Å². The van der Waals surface area contributed by atoms with E-state index in [-0.39, 0.29) is 0 Å². The Morgan fingerprint density at radius 2 is 2.29 bits per heavy atom. The Bertz CT molecular complexity index is 462. The van der Waals surface area contributed by atoms with Gasteiger partial charge in [-0.05, 0) is 19.1 Å². The summed E-state index contributed by atoms with van der Waals surface area (Å²) in [5, 5.41) is 5.18. The molecule has 0 aliphatic rings. The maximum absolute atomic E-state index is 5.79. The van der Waals surface area contributed by atoms with Crippen molar-refractivity contribution in [3.05, 3.63) is 18.2 Å². The maximum atomic E-state index is 5.79. The first kappa shape index (κ1) is 8.87. The molecule has 0 saturated carbocycles. The van der Waals surface area contributed by atoms with Crippen LogP contribution in [0, 0.1) is 0 Å². The summed E-state index contributed by atoms with van der Waals surface area (Å²) in [4.78, 5) is 0. The van der Waals surface area contributed by atoms with E-state index < -0.39 is 0 Å². The van der Waals surface area contributed by atoms with E-state index in [9.17, 15) is 0 Å². The molecule has 0 unspecified atom stereocenters. The smallest absolute Gasteiger partial charge is 0.153 e. The fraction of sp³-hybridized carbons (Fsp3) is 0.300. The molecular weight excluding hydrogens is 178 g/mol. The number of methoxy groups -OCH3 is 1. The van der Waals surface area contributed by atoms with E-state index in [2.05, 4.69) is 5.10 Å². The highest BCUT2D eigenvalue weighted by atomic mass is 16.5. The van der Waals surface area contributed by atoms with Gasteiger partial charge in [0.25, 0.3) is 0 Å². The number of anilines is 1. The Hall–Kier alpha value is -1.71. The average molecular weight is 191 g/mol. The van der Waals surface area contributed by atoms with Crippen LogP contribution in [-0.4, -0.2) is 16.9 Å². The van der Waals surface area contributed by atoms with Crippen molar-refractivity contribution in [2.75, 3.05) is 12.8 Å². The zero-order valence-electron chi connectivity index (χ0n) is 8.32. The van der Waals surface area contributed by atoms with Crippen molar-refractivity contribution in [3.63, 3.8) is 0 Å². The number of fused-ring (bicyclic) bond motifs is 1. The molecule has 4 nitrogen and oxygen atoms in total. The van der Waals surface area contributed by atoms with Crippen molar-refractivity contribution < 1.29 is 4.74 Å². The van der Waals surface area contributed by atoms with E-state index >= 15 is 0 Å².